The third-order valence-corrected chi connectivity index (χ3v) is 8.61. The van der Waals surface area contributed by atoms with E-state index < -0.39 is 10.0 Å². The van der Waals surface area contributed by atoms with Gasteiger partial charge in [0.2, 0.25) is 15.9 Å². The first-order chi connectivity index (χ1) is 13.8. The number of likely N-dealkylation sites (tertiary alicyclic amines) is 1. The van der Waals surface area contributed by atoms with Crippen molar-refractivity contribution in [3.05, 3.63) is 23.8 Å². The average Bonchev–Trinajstić information content (AvgIpc) is 2.70. The Balaban J connectivity index is 1.66. The molecule has 29 heavy (non-hydrogen) atoms. The van der Waals surface area contributed by atoms with Crippen LogP contribution in [0.3, 0.4) is 0 Å². The number of rotatable bonds is 7. The first-order valence-corrected chi connectivity index (χ1v) is 12.4. The van der Waals surface area contributed by atoms with Crippen LogP contribution in [-0.4, -0.2) is 56.3 Å². The Morgan fingerprint density at radius 2 is 1.83 bits per heavy atom. The maximum atomic E-state index is 12.8. The third kappa shape index (κ3) is 5.19. The molecule has 0 aromatic heterocycles. The Morgan fingerprint density at radius 3 is 2.52 bits per heavy atom. The Labute approximate surface area is 175 Å². The smallest absolute Gasteiger partial charge is 0.243 e. The molecule has 6 nitrogen and oxygen atoms in total. The minimum absolute atomic E-state index is 0.0697. The Bertz CT molecular complexity index is 821. The van der Waals surface area contributed by atoms with Gasteiger partial charge in [-0.3, -0.25) is 9.69 Å². The van der Waals surface area contributed by atoms with Gasteiger partial charge in [0.05, 0.1) is 11.4 Å². The van der Waals surface area contributed by atoms with Gasteiger partial charge in [-0.2, -0.15) is 4.31 Å². The van der Waals surface area contributed by atoms with Crippen LogP contribution in [0.1, 0.15) is 51.5 Å². The van der Waals surface area contributed by atoms with Gasteiger partial charge in [0.25, 0.3) is 0 Å². The van der Waals surface area contributed by atoms with Gasteiger partial charge in [0, 0.05) is 25.3 Å². The molecule has 162 valence electrons. The summed E-state index contributed by atoms with van der Waals surface area (Å²) in [6, 6.07) is 4.97. The van der Waals surface area contributed by atoms with Crippen LogP contribution < -0.4 is 5.32 Å². The third-order valence-electron chi connectivity index (χ3n) is 6.57. The van der Waals surface area contributed by atoms with E-state index in [4.69, 9.17) is 0 Å². The fourth-order valence-corrected chi connectivity index (χ4v) is 6.31. The summed E-state index contributed by atoms with van der Waals surface area (Å²) in [5, 5.41) is 2.95. The summed E-state index contributed by atoms with van der Waals surface area (Å²) >= 11 is 0. The number of aryl methyl sites for hydroxylation is 1. The Kier molecular flexibility index (Phi) is 7.35. The van der Waals surface area contributed by atoms with Crippen molar-refractivity contribution in [2.75, 3.05) is 38.0 Å². The molecule has 0 radical (unpaired) electrons. The van der Waals surface area contributed by atoms with Crippen LogP contribution in [0.25, 0.3) is 0 Å². The molecule has 1 aromatic carbocycles. The van der Waals surface area contributed by atoms with Gasteiger partial charge in [-0.25, -0.2) is 8.42 Å². The lowest BCUT2D eigenvalue weighted by atomic mass is 9.75. The van der Waals surface area contributed by atoms with Crippen LogP contribution in [-0.2, 0) is 14.8 Å². The van der Waals surface area contributed by atoms with E-state index in [9.17, 15) is 13.2 Å². The normalized spacial score (nSPS) is 23.0. The van der Waals surface area contributed by atoms with Crippen molar-refractivity contribution in [1.29, 1.82) is 0 Å². The fraction of sp³-hybridized carbons (Fsp3) is 0.682. The number of anilines is 1. The van der Waals surface area contributed by atoms with Crippen molar-refractivity contribution in [1.82, 2.24) is 9.21 Å². The average molecular weight is 422 g/mol. The molecule has 1 amide bonds. The zero-order valence-electron chi connectivity index (χ0n) is 18.0. The summed E-state index contributed by atoms with van der Waals surface area (Å²) in [7, 11) is -3.55. The predicted molar refractivity (Wildman–Crippen MR) is 116 cm³/mol. The van der Waals surface area contributed by atoms with Gasteiger partial charge in [0.1, 0.15) is 0 Å². The molecule has 1 saturated heterocycles. The van der Waals surface area contributed by atoms with Crippen LogP contribution in [0.15, 0.2) is 23.1 Å². The fourth-order valence-electron chi connectivity index (χ4n) is 4.82. The van der Waals surface area contributed by atoms with E-state index in [0.717, 1.165) is 30.5 Å². The van der Waals surface area contributed by atoms with E-state index in [2.05, 4.69) is 10.2 Å². The molecule has 7 heteroatoms. The highest BCUT2D eigenvalue weighted by Crippen LogP contribution is 2.36. The van der Waals surface area contributed by atoms with Gasteiger partial charge >= 0.3 is 0 Å². The minimum Gasteiger partial charge on any atom is -0.325 e. The van der Waals surface area contributed by atoms with E-state index in [1.807, 2.05) is 20.8 Å². The van der Waals surface area contributed by atoms with Crippen molar-refractivity contribution in [3.63, 3.8) is 0 Å². The SMILES string of the molecule is CCN(CC)S(=O)(=O)c1ccc(C)c(NC(=O)CN2CC[C@H]3CCCC[C@@H]3C2)c1. The monoisotopic (exact) mass is 421 g/mol. The number of hydrogen-bond acceptors (Lipinski definition) is 4. The van der Waals surface area contributed by atoms with Gasteiger partial charge < -0.3 is 5.32 Å². The van der Waals surface area contributed by atoms with Crippen molar-refractivity contribution >= 4 is 21.6 Å². The predicted octanol–water partition coefficient (Wildman–Crippen LogP) is 3.48. The maximum Gasteiger partial charge on any atom is 0.243 e. The number of fused-ring (bicyclic) bond motifs is 1. The van der Waals surface area contributed by atoms with Crippen molar-refractivity contribution < 1.29 is 13.2 Å². The largest absolute Gasteiger partial charge is 0.325 e. The molecular formula is C22H35N3O3S. The second-order valence-corrected chi connectivity index (χ2v) is 10.4. The highest BCUT2D eigenvalue weighted by atomic mass is 32.2. The molecule has 0 unspecified atom stereocenters. The van der Waals surface area contributed by atoms with Crippen LogP contribution in [0.5, 0.6) is 0 Å². The molecule has 3 rings (SSSR count). The van der Waals surface area contributed by atoms with Crippen molar-refractivity contribution in [3.8, 4) is 0 Å². The zero-order valence-corrected chi connectivity index (χ0v) is 18.8. The van der Waals surface area contributed by atoms with Gasteiger partial charge in [-0.15, -0.1) is 0 Å². The summed E-state index contributed by atoms with van der Waals surface area (Å²) in [5.41, 5.74) is 1.44. The van der Waals surface area contributed by atoms with Gasteiger partial charge in [-0.05, 0) is 55.8 Å². The maximum absolute atomic E-state index is 12.8. The summed E-state index contributed by atoms with van der Waals surface area (Å²) in [6.45, 7) is 8.74. The molecule has 1 saturated carbocycles. The molecule has 2 aliphatic rings. The molecule has 0 bridgehead atoms. The summed E-state index contributed by atoms with van der Waals surface area (Å²) in [5.74, 6) is 1.50. The molecule has 0 spiro atoms. The number of carbonyl (C=O) groups is 1. The van der Waals surface area contributed by atoms with Crippen LogP contribution in [0, 0.1) is 18.8 Å². The summed E-state index contributed by atoms with van der Waals surface area (Å²) in [4.78, 5) is 15.2. The second-order valence-electron chi connectivity index (χ2n) is 8.44. The molecule has 2 atom stereocenters. The molecule has 1 N–H and O–H groups in total. The molecule has 2 fully saturated rings. The van der Waals surface area contributed by atoms with Crippen molar-refractivity contribution in [2.45, 2.75) is 57.8 Å². The topological polar surface area (TPSA) is 69.7 Å². The lowest BCUT2D eigenvalue weighted by molar-refractivity contribution is -0.118. The quantitative estimate of drug-likeness (QED) is 0.732. The number of nitrogens with one attached hydrogen (secondary N) is 1. The molecule has 1 heterocycles. The number of piperidine rings is 1. The van der Waals surface area contributed by atoms with Gasteiger partial charge in [0.15, 0.2) is 0 Å². The van der Waals surface area contributed by atoms with Crippen LogP contribution in [0.4, 0.5) is 5.69 Å². The Morgan fingerprint density at radius 1 is 1.14 bits per heavy atom. The molecule has 1 aromatic rings. The number of carbonyl (C=O) groups excluding carboxylic acids is 1. The molecule has 1 aliphatic carbocycles. The molecular weight excluding hydrogens is 386 g/mol. The standard InChI is InChI=1S/C22H35N3O3S/c1-4-25(5-2)29(27,28)20-11-10-17(3)21(14-20)23-22(26)16-24-13-12-18-8-6-7-9-19(18)15-24/h10-11,14,18-19H,4-9,12-13,15-16H2,1-3H3,(H,23,26)/t18-,19-/m1/s1. The van der Waals surface area contributed by atoms with E-state index >= 15 is 0 Å². The van der Waals surface area contributed by atoms with Crippen molar-refractivity contribution in [2.24, 2.45) is 11.8 Å². The lowest BCUT2D eigenvalue weighted by Gasteiger charge is -2.41. The number of nitrogens with zero attached hydrogens (tertiary/aromatic N) is 2. The summed E-state index contributed by atoms with van der Waals surface area (Å²) in [6.07, 6.45) is 6.49. The van der Waals surface area contributed by atoms with E-state index in [1.54, 1.807) is 18.2 Å². The number of sulfonamides is 1. The molecule has 1 aliphatic heterocycles. The highest BCUT2D eigenvalue weighted by Gasteiger charge is 2.31. The van der Waals surface area contributed by atoms with E-state index in [0.29, 0.717) is 25.3 Å². The first-order valence-electron chi connectivity index (χ1n) is 11.0. The minimum atomic E-state index is -3.55. The highest BCUT2D eigenvalue weighted by molar-refractivity contribution is 7.89. The van der Waals surface area contributed by atoms with Crippen LogP contribution >= 0.6 is 0 Å². The zero-order chi connectivity index (χ0) is 21.0. The Hall–Kier alpha value is -1.44. The van der Waals surface area contributed by atoms with Crippen LogP contribution in [0.2, 0.25) is 0 Å². The second kappa shape index (κ2) is 9.58. The number of benzene rings is 1. The van der Waals surface area contributed by atoms with E-state index in [1.165, 1.54) is 36.4 Å². The van der Waals surface area contributed by atoms with E-state index in [-0.39, 0.29) is 10.8 Å². The lowest BCUT2D eigenvalue weighted by Crippen LogP contribution is -2.44. The van der Waals surface area contributed by atoms with Gasteiger partial charge in [-0.1, -0.05) is 39.2 Å². The number of amides is 1. The number of hydrogen-bond donors (Lipinski definition) is 1. The first kappa shape index (κ1) is 22.2. The summed E-state index contributed by atoms with van der Waals surface area (Å²) < 4.78 is 27.0.